The summed E-state index contributed by atoms with van der Waals surface area (Å²) < 4.78 is 41.9. The van der Waals surface area contributed by atoms with E-state index in [0.29, 0.717) is 27.8 Å². The lowest BCUT2D eigenvalue weighted by atomic mass is 9.77. The minimum atomic E-state index is -0.916. The normalized spacial score (nSPS) is 18.8. The Morgan fingerprint density at radius 2 is 1.53 bits per heavy atom. The van der Waals surface area contributed by atoms with Crippen LogP contribution >= 0.6 is 0 Å². The summed E-state index contributed by atoms with van der Waals surface area (Å²) in [5.41, 5.74) is 1.91. The number of halogens is 3. The van der Waals surface area contributed by atoms with Crippen LogP contribution in [-0.4, -0.2) is 0 Å². The van der Waals surface area contributed by atoms with Crippen LogP contribution in [0.2, 0.25) is 0 Å². The molecule has 0 aromatic heterocycles. The van der Waals surface area contributed by atoms with Crippen molar-refractivity contribution in [1.29, 1.82) is 0 Å². The largest absolute Gasteiger partial charge is 0.206 e. The number of hydrogen-bond acceptors (Lipinski definition) is 0. The lowest BCUT2D eigenvalue weighted by Gasteiger charge is -2.28. The molecule has 0 heterocycles. The molecule has 0 radical (unpaired) electrons. The third-order valence-electron chi connectivity index (χ3n) is 6.26. The Morgan fingerprint density at radius 1 is 0.800 bits per heavy atom. The van der Waals surface area contributed by atoms with E-state index in [1.165, 1.54) is 25.7 Å². The third kappa shape index (κ3) is 4.38. The zero-order valence-corrected chi connectivity index (χ0v) is 17.2. The number of rotatable bonds is 3. The summed E-state index contributed by atoms with van der Waals surface area (Å²) in [6, 6.07) is 12.8. The van der Waals surface area contributed by atoms with Crippen molar-refractivity contribution in [1.82, 2.24) is 0 Å². The maximum atomic E-state index is 14.7. The van der Waals surface area contributed by atoms with E-state index in [-0.39, 0.29) is 5.82 Å². The molecule has 154 valence electrons. The van der Waals surface area contributed by atoms with E-state index >= 15 is 0 Å². The molecule has 1 aliphatic carbocycles. The lowest BCUT2D eigenvalue weighted by Crippen LogP contribution is -2.13. The van der Waals surface area contributed by atoms with Gasteiger partial charge in [0.05, 0.1) is 5.56 Å². The molecule has 0 aliphatic heterocycles. The number of hydrogen-bond donors (Lipinski definition) is 0. The molecule has 0 unspecified atom stereocenters. The summed E-state index contributed by atoms with van der Waals surface area (Å²) in [5, 5.41) is 1.08. The van der Waals surface area contributed by atoms with Crippen LogP contribution in [0.3, 0.4) is 0 Å². The van der Waals surface area contributed by atoms with Crippen LogP contribution in [0.4, 0.5) is 13.2 Å². The minimum Gasteiger partial charge on any atom is -0.206 e. The first-order valence-electron chi connectivity index (χ1n) is 10.7. The van der Waals surface area contributed by atoms with Crippen LogP contribution in [0, 0.1) is 35.2 Å². The summed E-state index contributed by atoms with van der Waals surface area (Å²) in [7, 11) is 0. The van der Waals surface area contributed by atoms with Gasteiger partial charge in [0.2, 0.25) is 0 Å². The zero-order chi connectivity index (χ0) is 21.1. The molecule has 30 heavy (non-hydrogen) atoms. The highest BCUT2D eigenvalue weighted by Gasteiger charge is 2.22. The predicted molar refractivity (Wildman–Crippen MR) is 116 cm³/mol. The van der Waals surface area contributed by atoms with Crippen LogP contribution in [0.1, 0.15) is 68.1 Å². The topological polar surface area (TPSA) is 0 Å². The molecular weight excluding hydrogens is 381 g/mol. The monoisotopic (exact) mass is 406 g/mol. The lowest BCUT2D eigenvalue weighted by molar-refractivity contribution is 0.308. The van der Waals surface area contributed by atoms with E-state index in [2.05, 4.69) is 18.8 Å². The Hall–Kier alpha value is -2.73. The molecule has 3 heteroatoms. The SMILES string of the molecule is CCCC1CCC(c2ccc(C#Cc3cccc4cc(F)c(F)cc34)c(F)c2)CC1. The maximum absolute atomic E-state index is 14.7. The molecule has 0 atom stereocenters. The Morgan fingerprint density at radius 3 is 2.27 bits per heavy atom. The molecular formula is C27H25F3. The van der Waals surface area contributed by atoms with Gasteiger partial charge in [0.1, 0.15) is 5.82 Å². The molecule has 1 fully saturated rings. The molecule has 1 aliphatic rings. The molecule has 3 aromatic rings. The van der Waals surface area contributed by atoms with Crippen LogP contribution in [0.15, 0.2) is 48.5 Å². The van der Waals surface area contributed by atoms with Crippen molar-refractivity contribution in [3.8, 4) is 11.8 Å². The van der Waals surface area contributed by atoms with E-state index in [4.69, 9.17) is 0 Å². The van der Waals surface area contributed by atoms with Gasteiger partial charge in [-0.15, -0.1) is 0 Å². The van der Waals surface area contributed by atoms with Crippen molar-refractivity contribution in [2.24, 2.45) is 5.92 Å². The molecule has 0 N–H and O–H groups in total. The van der Waals surface area contributed by atoms with Gasteiger partial charge < -0.3 is 0 Å². The summed E-state index contributed by atoms with van der Waals surface area (Å²) in [5.74, 6) is 4.91. The van der Waals surface area contributed by atoms with E-state index in [9.17, 15) is 13.2 Å². The van der Waals surface area contributed by atoms with Gasteiger partial charge in [-0.2, -0.15) is 0 Å². The average Bonchev–Trinajstić information content (AvgIpc) is 2.74. The minimum absolute atomic E-state index is 0.318. The first-order chi connectivity index (χ1) is 14.5. The fourth-order valence-electron chi connectivity index (χ4n) is 4.59. The Balaban J connectivity index is 1.56. The molecule has 0 spiro atoms. The van der Waals surface area contributed by atoms with Crippen molar-refractivity contribution in [3.05, 3.63) is 82.7 Å². The summed E-state index contributed by atoms with van der Waals surface area (Å²) >= 11 is 0. The Bertz CT molecular complexity index is 1110. The number of benzene rings is 3. The quantitative estimate of drug-likeness (QED) is 0.390. The van der Waals surface area contributed by atoms with Crippen molar-refractivity contribution in [3.63, 3.8) is 0 Å². The zero-order valence-electron chi connectivity index (χ0n) is 17.2. The van der Waals surface area contributed by atoms with Crippen LogP contribution < -0.4 is 0 Å². The van der Waals surface area contributed by atoms with Crippen LogP contribution in [0.25, 0.3) is 10.8 Å². The highest BCUT2D eigenvalue weighted by molar-refractivity contribution is 5.88. The second kappa shape index (κ2) is 8.96. The van der Waals surface area contributed by atoms with Gasteiger partial charge in [-0.3, -0.25) is 0 Å². The van der Waals surface area contributed by atoms with Crippen molar-refractivity contribution >= 4 is 10.8 Å². The van der Waals surface area contributed by atoms with Gasteiger partial charge in [0.15, 0.2) is 11.6 Å². The van der Waals surface area contributed by atoms with E-state index in [1.54, 1.807) is 30.3 Å². The van der Waals surface area contributed by atoms with Gasteiger partial charge in [-0.25, -0.2) is 13.2 Å². The molecule has 0 saturated heterocycles. The van der Waals surface area contributed by atoms with E-state index in [1.807, 2.05) is 6.07 Å². The Labute approximate surface area is 176 Å². The smallest absolute Gasteiger partial charge is 0.159 e. The van der Waals surface area contributed by atoms with Gasteiger partial charge in [0, 0.05) is 10.9 Å². The second-order valence-electron chi connectivity index (χ2n) is 8.29. The highest BCUT2D eigenvalue weighted by atomic mass is 19.2. The van der Waals surface area contributed by atoms with Gasteiger partial charge in [-0.1, -0.05) is 49.8 Å². The summed E-state index contributed by atoms with van der Waals surface area (Å²) in [6.45, 7) is 2.23. The van der Waals surface area contributed by atoms with Gasteiger partial charge in [0.25, 0.3) is 0 Å². The maximum Gasteiger partial charge on any atom is 0.159 e. The fraction of sp³-hybridized carbons (Fsp3) is 0.333. The second-order valence-corrected chi connectivity index (χ2v) is 8.29. The molecule has 4 rings (SSSR count). The fourth-order valence-corrected chi connectivity index (χ4v) is 4.59. The van der Waals surface area contributed by atoms with E-state index in [0.717, 1.165) is 36.5 Å². The standard InChI is InChI=1S/C27H25F3/c1-2-4-18-7-9-19(10-8-18)22-14-13-21(25(28)15-22)12-11-20-5-3-6-23-16-26(29)27(30)17-24(20)23/h3,5-6,13-19H,2,4,7-10H2,1H3. The van der Waals surface area contributed by atoms with Crippen LogP contribution in [-0.2, 0) is 0 Å². The van der Waals surface area contributed by atoms with Gasteiger partial charge in [-0.05, 0) is 78.8 Å². The molecule has 1 saturated carbocycles. The summed E-state index contributed by atoms with van der Waals surface area (Å²) in [6.07, 6.45) is 7.20. The predicted octanol–water partition coefficient (Wildman–Crippen LogP) is 7.73. The van der Waals surface area contributed by atoms with E-state index < -0.39 is 11.6 Å². The molecule has 0 nitrogen and oxygen atoms in total. The summed E-state index contributed by atoms with van der Waals surface area (Å²) in [4.78, 5) is 0. The number of fused-ring (bicyclic) bond motifs is 1. The van der Waals surface area contributed by atoms with Crippen molar-refractivity contribution in [2.75, 3.05) is 0 Å². The molecule has 3 aromatic carbocycles. The average molecular weight is 406 g/mol. The third-order valence-corrected chi connectivity index (χ3v) is 6.26. The van der Waals surface area contributed by atoms with Crippen molar-refractivity contribution in [2.45, 2.75) is 51.4 Å². The van der Waals surface area contributed by atoms with Crippen molar-refractivity contribution < 1.29 is 13.2 Å². The first-order valence-corrected chi connectivity index (χ1v) is 10.7. The first kappa shape index (κ1) is 20.5. The molecule has 0 amide bonds. The highest BCUT2D eigenvalue weighted by Crippen LogP contribution is 2.37. The Kier molecular flexibility index (Phi) is 6.13. The van der Waals surface area contributed by atoms with Gasteiger partial charge >= 0.3 is 0 Å². The molecule has 0 bridgehead atoms. The van der Waals surface area contributed by atoms with Crippen LogP contribution in [0.5, 0.6) is 0 Å².